The van der Waals surface area contributed by atoms with Crippen LogP contribution in [0.3, 0.4) is 0 Å². The third-order valence-corrected chi connectivity index (χ3v) is 2.60. The predicted molar refractivity (Wildman–Crippen MR) is 68.9 cm³/mol. The molecule has 0 spiro atoms. The molecule has 0 saturated carbocycles. The highest BCUT2D eigenvalue weighted by Gasteiger charge is 2.05. The van der Waals surface area contributed by atoms with E-state index in [1.54, 1.807) is 25.3 Å². The number of anilines is 2. The molecule has 0 saturated heterocycles. The maximum atomic E-state index is 9.56. The van der Waals surface area contributed by atoms with E-state index < -0.39 is 0 Å². The van der Waals surface area contributed by atoms with E-state index >= 15 is 0 Å². The average molecular weight is 230 g/mol. The Morgan fingerprint density at radius 3 is 2.12 bits per heavy atom. The standard InChI is InChI=1S/C13H14N2O2/c1-17-13-7-9(3-5-11(13)15)8-2-4-10(14)12(16)6-8/h2-7,16H,14-15H2,1H3. The van der Waals surface area contributed by atoms with Gasteiger partial charge in [0.15, 0.2) is 0 Å². The number of benzene rings is 2. The van der Waals surface area contributed by atoms with Crippen molar-refractivity contribution in [2.45, 2.75) is 0 Å². The van der Waals surface area contributed by atoms with Gasteiger partial charge in [-0.2, -0.15) is 0 Å². The molecule has 0 heterocycles. The lowest BCUT2D eigenvalue weighted by molar-refractivity contribution is 0.417. The average Bonchev–Trinajstić information content (AvgIpc) is 2.33. The van der Waals surface area contributed by atoms with Gasteiger partial charge in [0.1, 0.15) is 11.5 Å². The minimum atomic E-state index is 0.0679. The Balaban J connectivity index is 2.49. The minimum absolute atomic E-state index is 0.0679. The van der Waals surface area contributed by atoms with Crippen LogP contribution in [0.1, 0.15) is 0 Å². The zero-order valence-electron chi connectivity index (χ0n) is 9.47. The Bertz CT molecular complexity index is 553. The number of phenols is 1. The molecule has 2 aromatic carbocycles. The summed E-state index contributed by atoms with van der Waals surface area (Å²) in [7, 11) is 1.57. The smallest absolute Gasteiger partial charge is 0.142 e. The highest BCUT2D eigenvalue weighted by Crippen LogP contribution is 2.32. The van der Waals surface area contributed by atoms with Crippen LogP contribution in [0, 0.1) is 0 Å². The van der Waals surface area contributed by atoms with Crippen molar-refractivity contribution in [2.75, 3.05) is 18.6 Å². The summed E-state index contributed by atoms with van der Waals surface area (Å²) in [6.45, 7) is 0. The Kier molecular flexibility index (Phi) is 2.78. The first-order valence-corrected chi connectivity index (χ1v) is 5.14. The monoisotopic (exact) mass is 230 g/mol. The fourth-order valence-corrected chi connectivity index (χ4v) is 1.61. The zero-order valence-corrected chi connectivity index (χ0v) is 9.47. The van der Waals surface area contributed by atoms with Crippen LogP contribution in [-0.4, -0.2) is 12.2 Å². The van der Waals surface area contributed by atoms with Crippen molar-refractivity contribution >= 4 is 11.4 Å². The van der Waals surface area contributed by atoms with Gasteiger partial charge in [-0.15, -0.1) is 0 Å². The maximum absolute atomic E-state index is 9.56. The Labute approximate surface area is 99.4 Å². The molecule has 4 heteroatoms. The minimum Gasteiger partial charge on any atom is -0.506 e. The third kappa shape index (κ3) is 2.10. The quantitative estimate of drug-likeness (QED) is 0.546. The van der Waals surface area contributed by atoms with E-state index in [-0.39, 0.29) is 5.75 Å². The molecule has 0 bridgehead atoms. The lowest BCUT2D eigenvalue weighted by Gasteiger charge is -2.08. The molecule has 2 rings (SSSR count). The van der Waals surface area contributed by atoms with Gasteiger partial charge in [0, 0.05) is 0 Å². The number of nitrogens with two attached hydrogens (primary N) is 2. The number of phenolic OH excluding ortho intramolecular Hbond substituents is 1. The molecular weight excluding hydrogens is 216 g/mol. The van der Waals surface area contributed by atoms with Crippen LogP contribution in [-0.2, 0) is 0 Å². The van der Waals surface area contributed by atoms with Crippen LogP contribution >= 0.6 is 0 Å². The molecule has 5 N–H and O–H groups in total. The van der Waals surface area contributed by atoms with E-state index in [0.29, 0.717) is 17.1 Å². The largest absolute Gasteiger partial charge is 0.506 e. The highest BCUT2D eigenvalue weighted by molar-refractivity contribution is 5.73. The van der Waals surface area contributed by atoms with Gasteiger partial charge in [-0.3, -0.25) is 0 Å². The molecule has 88 valence electrons. The second-order valence-electron chi connectivity index (χ2n) is 3.73. The normalized spacial score (nSPS) is 10.2. The number of aromatic hydroxyl groups is 1. The molecule has 0 unspecified atom stereocenters. The van der Waals surface area contributed by atoms with Crippen molar-refractivity contribution in [3.63, 3.8) is 0 Å². The molecule has 0 atom stereocenters. The second-order valence-corrected chi connectivity index (χ2v) is 3.73. The van der Waals surface area contributed by atoms with E-state index in [0.717, 1.165) is 11.1 Å². The van der Waals surface area contributed by atoms with Gasteiger partial charge in [0.25, 0.3) is 0 Å². The first-order valence-electron chi connectivity index (χ1n) is 5.14. The fraction of sp³-hybridized carbons (Fsp3) is 0.0769. The SMILES string of the molecule is COc1cc(-c2ccc(N)c(O)c2)ccc1N. The summed E-state index contributed by atoms with van der Waals surface area (Å²) in [5.41, 5.74) is 14.0. The maximum Gasteiger partial charge on any atom is 0.142 e. The lowest BCUT2D eigenvalue weighted by Crippen LogP contribution is -1.92. The van der Waals surface area contributed by atoms with Crippen LogP contribution in [0.5, 0.6) is 11.5 Å². The molecule has 0 fully saturated rings. The number of hydrogen-bond donors (Lipinski definition) is 3. The summed E-state index contributed by atoms with van der Waals surface area (Å²) >= 11 is 0. The van der Waals surface area contributed by atoms with Crippen molar-refractivity contribution < 1.29 is 9.84 Å². The molecule has 4 nitrogen and oxygen atoms in total. The molecule has 0 radical (unpaired) electrons. The number of ether oxygens (including phenoxy) is 1. The Hall–Kier alpha value is -2.36. The summed E-state index contributed by atoms with van der Waals surface area (Å²) in [6, 6.07) is 10.6. The van der Waals surface area contributed by atoms with Gasteiger partial charge < -0.3 is 21.3 Å². The van der Waals surface area contributed by atoms with Crippen molar-refractivity contribution in [3.8, 4) is 22.6 Å². The lowest BCUT2D eigenvalue weighted by atomic mass is 10.0. The van der Waals surface area contributed by atoms with E-state index in [4.69, 9.17) is 16.2 Å². The molecule has 0 aliphatic rings. The molecule has 0 aliphatic heterocycles. The second kappa shape index (κ2) is 4.25. The number of rotatable bonds is 2. The van der Waals surface area contributed by atoms with E-state index in [1.807, 2.05) is 18.2 Å². The van der Waals surface area contributed by atoms with E-state index in [9.17, 15) is 5.11 Å². The first-order chi connectivity index (χ1) is 8.11. The summed E-state index contributed by atoms with van der Waals surface area (Å²) in [5.74, 6) is 0.678. The summed E-state index contributed by atoms with van der Waals surface area (Å²) < 4.78 is 5.15. The van der Waals surface area contributed by atoms with Crippen molar-refractivity contribution in [2.24, 2.45) is 0 Å². The van der Waals surface area contributed by atoms with Crippen LogP contribution in [0.15, 0.2) is 36.4 Å². The summed E-state index contributed by atoms with van der Waals surface area (Å²) in [6.07, 6.45) is 0. The highest BCUT2D eigenvalue weighted by atomic mass is 16.5. The first kappa shape index (κ1) is 11.1. The molecule has 2 aromatic rings. The van der Waals surface area contributed by atoms with Gasteiger partial charge >= 0.3 is 0 Å². The Morgan fingerprint density at radius 2 is 1.53 bits per heavy atom. The molecular formula is C13H14N2O2. The van der Waals surface area contributed by atoms with Crippen molar-refractivity contribution in [1.82, 2.24) is 0 Å². The van der Waals surface area contributed by atoms with Gasteiger partial charge in [-0.1, -0.05) is 12.1 Å². The molecule has 0 aliphatic carbocycles. The van der Waals surface area contributed by atoms with Crippen LogP contribution < -0.4 is 16.2 Å². The predicted octanol–water partition coefficient (Wildman–Crippen LogP) is 2.23. The summed E-state index contributed by atoms with van der Waals surface area (Å²) in [5, 5.41) is 9.56. The van der Waals surface area contributed by atoms with Gasteiger partial charge in [-0.25, -0.2) is 0 Å². The van der Waals surface area contributed by atoms with Gasteiger partial charge in [0.05, 0.1) is 18.5 Å². The van der Waals surface area contributed by atoms with E-state index in [2.05, 4.69) is 0 Å². The number of methoxy groups -OCH3 is 1. The topological polar surface area (TPSA) is 81.5 Å². The van der Waals surface area contributed by atoms with Crippen LogP contribution in [0.4, 0.5) is 11.4 Å². The fourth-order valence-electron chi connectivity index (χ4n) is 1.61. The molecule has 17 heavy (non-hydrogen) atoms. The number of hydrogen-bond acceptors (Lipinski definition) is 4. The van der Waals surface area contributed by atoms with Gasteiger partial charge in [-0.05, 0) is 35.4 Å². The van der Waals surface area contributed by atoms with Crippen molar-refractivity contribution in [3.05, 3.63) is 36.4 Å². The van der Waals surface area contributed by atoms with E-state index in [1.165, 1.54) is 0 Å². The van der Waals surface area contributed by atoms with Crippen LogP contribution in [0.25, 0.3) is 11.1 Å². The zero-order chi connectivity index (χ0) is 12.4. The molecule has 0 aromatic heterocycles. The number of nitrogen functional groups attached to an aromatic ring is 2. The third-order valence-electron chi connectivity index (χ3n) is 2.60. The van der Waals surface area contributed by atoms with Crippen LogP contribution in [0.2, 0.25) is 0 Å². The Morgan fingerprint density at radius 1 is 0.941 bits per heavy atom. The van der Waals surface area contributed by atoms with Gasteiger partial charge in [0.2, 0.25) is 0 Å². The summed E-state index contributed by atoms with van der Waals surface area (Å²) in [4.78, 5) is 0. The van der Waals surface area contributed by atoms with Crippen molar-refractivity contribution in [1.29, 1.82) is 0 Å². The molecule has 0 amide bonds.